The van der Waals surface area contributed by atoms with Crippen LogP contribution in [0.3, 0.4) is 0 Å². The van der Waals surface area contributed by atoms with E-state index in [4.69, 9.17) is 176 Å². The van der Waals surface area contributed by atoms with Crippen molar-refractivity contribution in [2.45, 2.75) is 196 Å². The Bertz CT molecular complexity index is 6240. The minimum atomic E-state index is -5.87. The molecule has 13 heterocycles. The van der Waals surface area contributed by atoms with Gasteiger partial charge >= 0.3 is 63.1 Å². The van der Waals surface area contributed by atoms with E-state index in [9.17, 15) is 67.9 Å². The molecule has 11 unspecified atom stereocenters. The number of aliphatic hydroxyl groups excluding tert-OH is 1. The second-order valence-electron chi connectivity index (χ2n) is 32.2. The number of hydrogen-bond acceptors (Lipinski definition) is 45. The van der Waals surface area contributed by atoms with Gasteiger partial charge in [-0.2, -0.15) is 9.97 Å². The van der Waals surface area contributed by atoms with E-state index in [0.29, 0.717) is 5.52 Å². The number of nitrogens with two attached hydrogens (primary N) is 3. The molecule has 6 aliphatic rings. The smallest absolute Gasteiger partial charge is 0.397 e. The standard InChI is InChI=1S/C74H107N16O39P5S4/c1-11-41-42(22-49(119-41)85-26-37(4)63(92)82-72(85)97)125-131(102,135)115-29-44-43(23-50(120-44)86-27-38(5)64(93)83-73(86)98)126-132(103,136)117-32-47-53(57(111-19-15-107-8)67(123-47)87-24-35(2)60(76)80-70(87)95)127-130(100,101)114-31-46-54(58(112-20-16-108-9)69(122-46)89-28-39(6)65(94)84-74(89)99)128-134(105,138)118-33-48-55(59(113-21-17-109-10)68(124-48)88-25-36(3)61(77)81-71(88)96)129-133(104,137)116-30-45-52(91)56(110-18-14-106-7)66(121-45)90-34-79-51-40(75)12-13-78-62(51)90/h12-13,24-28,34,41-50,52-59,66-69,91H,11,14-23,29-33H2,1-10H3,(H2,75,78)(H,100,101)(H,102,135)(H,103,136)(H,104,137)(H,105,138)(H2,76,80,95)(H2,77,81,96)(H,82,92,97)(H,83,93,98)(H,84,94,99)/t41-,42?,43?,44-,45-,46-,47-,48-,49-,50-,52?,53?,54?,55?,56+,57+,58+,59+,66-,67-,68-,69-,131?,132?,133?,134?/m1/s1. The molecule has 0 radical (unpaired) electrons. The van der Waals surface area contributed by atoms with E-state index in [1.807, 2.05) is 0 Å². The molecule has 6 fully saturated rings. The first-order valence-electron chi connectivity index (χ1n) is 42.4. The number of nitrogens with one attached hydrogen (secondary N) is 3. The average Bonchev–Trinajstić information content (AvgIpc) is 1.62. The van der Waals surface area contributed by atoms with Crippen molar-refractivity contribution in [3.63, 3.8) is 0 Å². The predicted octanol–water partition coefficient (Wildman–Crippen LogP) is -1.08. The van der Waals surface area contributed by atoms with E-state index in [1.54, 1.807) is 6.92 Å². The summed E-state index contributed by atoms with van der Waals surface area (Å²) in [5.41, 5.74) is 12.8. The number of aromatic amines is 3. The second-order valence-corrected chi connectivity index (χ2v) is 44.7. The summed E-state index contributed by atoms with van der Waals surface area (Å²) in [6, 6.07) is 1.54. The van der Waals surface area contributed by atoms with Crippen LogP contribution in [0.25, 0.3) is 11.2 Å². The zero-order valence-electron chi connectivity index (χ0n) is 75.4. The maximum absolute atomic E-state index is 15.3. The van der Waals surface area contributed by atoms with Crippen molar-refractivity contribution in [3.05, 3.63) is 161 Å². The summed E-state index contributed by atoms with van der Waals surface area (Å²) >= 11 is 22.6. The van der Waals surface area contributed by atoms with Gasteiger partial charge in [-0.05, 0) is 94.3 Å². The number of rotatable bonds is 48. The van der Waals surface area contributed by atoms with Crippen LogP contribution in [0.15, 0.2) is 87.9 Å². The molecule has 138 heavy (non-hydrogen) atoms. The third-order valence-corrected chi connectivity index (χ3v) is 29.9. The summed E-state index contributed by atoms with van der Waals surface area (Å²) in [4.78, 5) is 191. The Morgan fingerprint density at radius 3 is 1.20 bits per heavy atom. The van der Waals surface area contributed by atoms with Gasteiger partial charge in [-0.15, -0.1) is 0 Å². The highest BCUT2D eigenvalue weighted by Crippen LogP contribution is 2.58. The molecule has 15 N–H and O–H groups in total. The summed E-state index contributed by atoms with van der Waals surface area (Å²) in [7, 11) is -0.438. The Morgan fingerprint density at radius 2 is 0.768 bits per heavy atom. The number of aromatic nitrogens is 13. The molecular formula is C74H107N16O39P5S4. The Morgan fingerprint density at radius 1 is 0.420 bits per heavy atom. The lowest BCUT2D eigenvalue weighted by atomic mass is 10.1. The van der Waals surface area contributed by atoms with Crippen molar-refractivity contribution in [1.82, 2.24) is 62.3 Å². The lowest BCUT2D eigenvalue weighted by Gasteiger charge is -2.30. The number of fused-ring (bicyclic) bond motifs is 1. The van der Waals surface area contributed by atoms with Crippen LogP contribution in [-0.4, -0.2) is 304 Å². The Labute approximate surface area is 802 Å². The number of phosphoric ester groups is 1. The summed E-state index contributed by atoms with van der Waals surface area (Å²) in [5.74, 6) is -0.379. The summed E-state index contributed by atoms with van der Waals surface area (Å²) in [6.45, 7) is -16.1. The van der Waals surface area contributed by atoms with Gasteiger partial charge in [0.25, 0.3) is 16.7 Å². The van der Waals surface area contributed by atoms with Gasteiger partial charge < -0.3 is 140 Å². The lowest BCUT2D eigenvalue weighted by Crippen LogP contribution is -2.42. The van der Waals surface area contributed by atoms with Crippen molar-refractivity contribution in [3.8, 4) is 0 Å². The fourth-order valence-corrected chi connectivity index (χ4v) is 22.5. The molecule has 0 bridgehead atoms. The van der Waals surface area contributed by atoms with E-state index < -0.39 is 254 Å². The molecule has 0 saturated carbocycles. The van der Waals surface area contributed by atoms with Gasteiger partial charge in [-0.3, -0.25) is 74.8 Å². The van der Waals surface area contributed by atoms with Gasteiger partial charge in [-0.25, -0.2) is 38.5 Å². The SMILES string of the molecule is CC[C@H]1O[C@@H](n2cc(C)c(=O)[nH]c2=O)CC1OP(O)(=S)OC[C@H]1O[C@@H](n2cc(C)c(=O)[nH]c2=O)CC1OP(O)(=S)OC[C@H]1O[C@@H](n2cc(C)c(N)nc2=O)[C@@H](OCCOC)C1OP(=O)(O)OC[C@H]1O[C@@H](n2cc(C)c(=O)[nH]c2=O)[C@@H](OCCOC)C1OP(O)(=S)OC[C@H]1O[C@@H](n2cc(C)c(N)nc2=O)[C@@H](OCCOC)C1OP(O)(=S)OC[C@H]1O[C@@H](n2cnc3c(N)ccnc32)[C@@H](OCCOC)C1O. The molecule has 55 nitrogen and oxygen atoms in total. The zero-order valence-corrected chi connectivity index (χ0v) is 83.1. The van der Waals surface area contributed by atoms with Crippen LogP contribution in [0.4, 0.5) is 17.3 Å². The van der Waals surface area contributed by atoms with E-state index in [1.165, 1.54) is 111 Å². The van der Waals surface area contributed by atoms with Gasteiger partial charge in [0.1, 0.15) is 109 Å². The number of nitrogen functional groups attached to an aromatic ring is 3. The van der Waals surface area contributed by atoms with Crippen LogP contribution in [-0.2, 0) is 163 Å². The number of aliphatic hydroxyl groups is 1. The number of imidazole rings is 1. The number of H-pyrrole nitrogens is 3. The first kappa shape index (κ1) is 109. The van der Waals surface area contributed by atoms with Crippen molar-refractivity contribution < 1.29 is 146 Å². The van der Waals surface area contributed by atoms with Crippen molar-refractivity contribution in [1.29, 1.82) is 0 Å². The number of aryl methyl sites for hydroxylation is 5. The molecule has 0 aliphatic carbocycles. The molecule has 0 spiro atoms. The van der Waals surface area contributed by atoms with Crippen LogP contribution in [0.1, 0.15) is 91.4 Å². The fraction of sp³-hybridized carbons (Fsp3) is 0.649. The molecule has 6 aliphatic heterocycles. The Hall–Kier alpha value is -6.55. The summed E-state index contributed by atoms with van der Waals surface area (Å²) < 4.78 is 167. The van der Waals surface area contributed by atoms with Gasteiger partial charge in [0.15, 0.2) is 30.6 Å². The highest BCUT2D eigenvalue weighted by Gasteiger charge is 2.57. The van der Waals surface area contributed by atoms with Crippen molar-refractivity contribution in [2.75, 3.05) is 132 Å². The monoisotopic (exact) mass is 2130 g/mol. The first-order valence-corrected chi connectivity index (χ1v) is 54.3. The van der Waals surface area contributed by atoms with Crippen LogP contribution in [0, 0.1) is 34.6 Å². The summed E-state index contributed by atoms with van der Waals surface area (Å²) in [6.07, 6.45) is -24.9. The first-order chi connectivity index (χ1) is 65.3. The minimum Gasteiger partial charge on any atom is -0.397 e. The highest BCUT2D eigenvalue weighted by atomic mass is 32.5. The number of nitrogens with zero attached hydrogens (tertiary/aromatic N) is 10. The third kappa shape index (κ3) is 26.2. The minimum absolute atomic E-state index is 0.0332. The molecule has 7 aromatic rings. The van der Waals surface area contributed by atoms with Crippen molar-refractivity contribution >= 4 is 110 Å². The number of methoxy groups -OCH3 is 4. The van der Waals surface area contributed by atoms with Crippen LogP contribution >= 0.6 is 34.7 Å². The third-order valence-electron chi connectivity index (χ3n) is 22.6. The molecule has 27 atom stereocenters. The van der Waals surface area contributed by atoms with Crippen LogP contribution in [0.5, 0.6) is 0 Å². The van der Waals surface area contributed by atoms with E-state index in [-0.39, 0.29) is 116 Å². The van der Waals surface area contributed by atoms with Gasteiger partial charge in [0, 0.05) is 106 Å². The number of pyridine rings is 1. The predicted molar refractivity (Wildman–Crippen MR) is 491 cm³/mol. The van der Waals surface area contributed by atoms with E-state index in [0.717, 1.165) is 29.0 Å². The normalized spacial score (nSPS) is 29.4. The van der Waals surface area contributed by atoms with Gasteiger partial charge in [0.05, 0.1) is 116 Å². The second kappa shape index (κ2) is 46.7. The number of phosphoric acid groups is 1. The average molecular weight is 2130 g/mol. The molecule has 6 saturated heterocycles. The number of anilines is 3. The molecule has 0 aromatic carbocycles. The fourth-order valence-electron chi connectivity index (χ4n) is 15.8. The topological polar surface area (TPSA) is 703 Å². The molecule has 766 valence electrons. The number of hydrogen-bond donors (Lipinski definition) is 12. The Balaban J connectivity index is 0.775. The van der Waals surface area contributed by atoms with Crippen LogP contribution < -0.4 is 62.3 Å². The molecular weight excluding hydrogens is 2020 g/mol. The zero-order chi connectivity index (χ0) is 99.9. The summed E-state index contributed by atoms with van der Waals surface area (Å²) in [5, 5.41) is 11.9. The highest BCUT2D eigenvalue weighted by molar-refractivity contribution is 8.08. The molecule has 7 aromatic heterocycles. The molecule has 0 amide bonds. The van der Waals surface area contributed by atoms with Gasteiger partial charge in [-0.1, -0.05) is 6.92 Å². The Kier molecular flexibility index (Phi) is 36.8. The van der Waals surface area contributed by atoms with Gasteiger partial charge in [0.2, 0.25) is 0 Å². The maximum Gasteiger partial charge on any atom is 0.472 e. The van der Waals surface area contributed by atoms with E-state index >= 15 is 4.57 Å². The van der Waals surface area contributed by atoms with Crippen LogP contribution in [0.2, 0.25) is 0 Å². The quantitative estimate of drug-likeness (QED) is 0.0159. The lowest BCUT2D eigenvalue weighted by molar-refractivity contribution is -0.0848. The maximum atomic E-state index is 15.3. The molecule has 13 rings (SSSR count). The van der Waals surface area contributed by atoms with Crippen molar-refractivity contribution in [2.24, 2.45) is 0 Å². The number of ether oxygens (including phenoxy) is 14. The molecule has 64 heteroatoms. The largest absolute Gasteiger partial charge is 0.472 e. The van der Waals surface area contributed by atoms with E-state index in [2.05, 4.69) is 34.9 Å².